The zero-order valence-corrected chi connectivity index (χ0v) is 16.6. The summed E-state index contributed by atoms with van der Waals surface area (Å²) in [5.41, 5.74) is 6.29. The van der Waals surface area contributed by atoms with E-state index in [-0.39, 0.29) is 11.4 Å². The van der Waals surface area contributed by atoms with Crippen molar-refractivity contribution < 1.29 is 8.78 Å². The maximum Gasteiger partial charge on any atom is 0.141 e. The molecule has 0 fully saturated rings. The molecule has 1 aliphatic carbocycles. The third-order valence-electron chi connectivity index (χ3n) is 5.81. The number of halogens is 2. The van der Waals surface area contributed by atoms with E-state index in [2.05, 4.69) is 6.92 Å². The molecule has 0 bridgehead atoms. The zero-order valence-electron chi connectivity index (χ0n) is 16.6. The van der Waals surface area contributed by atoms with Crippen molar-refractivity contribution in [1.29, 1.82) is 5.26 Å². The standard InChI is InChI=1S/C26H23F2N/c1-2-3-4-5-6-17-9-12-23-22-11-10-18(13-21(22)14-24(23)26(17)28)19-7-8-20(16-29)25(27)15-19/h7-13,15H,2-6,14H2,1H3. The molecule has 0 heterocycles. The van der Waals surface area contributed by atoms with E-state index in [0.717, 1.165) is 58.2 Å². The van der Waals surface area contributed by atoms with Gasteiger partial charge in [0.05, 0.1) is 5.56 Å². The van der Waals surface area contributed by atoms with E-state index in [9.17, 15) is 4.39 Å². The lowest BCUT2D eigenvalue weighted by molar-refractivity contribution is 0.585. The fourth-order valence-corrected chi connectivity index (χ4v) is 4.19. The predicted molar refractivity (Wildman–Crippen MR) is 113 cm³/mol. The molecule has 0 unspecified atom stereocenters. The Morgan fingerprint density at radius 3 is 2.41 bits per heavy atom. The summed E-state index contributed by atoms with van der Waals surface area (Å²) < 4.78 is 29.1. The molecular formula is C26H23F2N. The summed E-state index contributed by atoms with van der Waals surface area (Å²) >= 11 is 0. The SMILES string of the molecule is CCCCCCc1ccc2c(c1F)Cc1cc(-c3ccc(C#N)c(F)c3)ccc1-2. The first-order valence-corrected chi connectivity index (χ1v) is 10.3. The maximum atomic E-state index is 15.1. The van der Waals surface area contributed by atoms with Gasteiger partial charge in [-0.3, -0.25) is 0 Å². The van der Waals surface area contributed by atoms with E-state index in [4.69, 9.17) is 5.26 Å². The highest BCUT2D eigenvalue weighted by Crippen LogP contribution is 2.40. The molecule has 0 saturated heterocycles. The summed E-state index contributed by atoms with van der Waals surface area (Å²) in [5.74, 6) is -0.589. The highest BCUT2D eigenvalue weighted by atomic mass is 19.1. The number of nitrogens with zero attached hydrogens (tertiary/aromatic N) is 1. The van der Waals surface area contributed by atoms with Crippen molar-refractivity contribution >= 4 is 0 Å². The van der Waals surface area contributed by atoms with Gasteiger partial charge < -0.3 is 0 Å². The molecule has 0 spiro atoms. The van der Waals surface area contributed by atoms with E-state index < -0.39 is 5.82 Å². The van der Waals surface area contributed by atoms with Gasteiger partial charge in [0, 0.05) is 12.0 Å². The average Bonchev–Trinajstić information content (AvgIpc) is 3.11. The Morgan fingerprint density at radius 1 is 0.897 bits per heavy atom. The molecule has 0 amide bonds. The monoisotopic (exact) mass is 387 g/mol. The van der Waals surface area contributed by atoms with Gasteiger partial charge in [-0.2, -0.15) is 5.26 Å². The molecule has 0 radical (unpaired) electrons. The summed E-state index contributed by atoms with van der Waals surface area (Å²) in [6.45, 7) is 2.17. The quantitative estimate of drug-likeness (QED) is 0.321. The van der Waals surface area contributed by atoms with E-state index in [1.807, 2.05) is 36.4 Å². The minimum atomic E-state index is -0.521. The number of rotatable bonds is 6. The van der Waals surface area contributed by atoms with Crippen LogP contribution in [0.4, 0.5) is 8.78 Å². The van der Waals surface area contributed by atoms with Crippen molar-refractivity contribution in [2.45, 2.75) is 45.4 Å². The third-order valence-corrected chi connectivity index (χ3v) is 5.81. The first kappa shape index (κ1) is 19.3. The molecule has 0 saturated carbocycles. The van der Waals surface area contributed by atoms with Gasteiger partial charge >= 0.3 is 0 Å². The van der Waals surface area contributed by atoms with Crippen molar-refractivity contribution in [3.63, 3.8) is 0 Å². The van der Waals surface area contributed by atoms with Gasteiger partial charge in [-0.1, -0.05) is 62.6 Å². The number of unbranched alkanes of at least 4 members (excludes halogenated alkanes) is 3. The van der Waals surface area contributed by atoms with Gasteiger partial charge in [0.2, 0.25) is 0 Å². The number of aryl methyl sites for hydroxylation is 1. The molecule has 0 N–H and O–H groups in total. The lowest BCUT2D eigenvalue weighted by atomic mass is 9.97. The van der Waals surface area contributed by atoms with E-state index in [0.29, 0.717) is 6.42 Å². The van der Waals surface area contributed by atoms with Gasteiger partial charge in [-0.15, -0.1) is 0 Å². The van der Waals surface area contributed by atoms with Crippen LogP contribution >= 0.6 is 0 Å². The largest absolute Gasteiger partial charge is 0.206 e. The Kier molecular flexibility index (Phi) is 5.45. The summed E-state index contributed by atoms with van der Waals surface area (Å²) in [6.07, 6.45) is 5.87. The Bertz CT molecular complexity index is 1110. The molecule has 29 heavy (non-hydrogen) atoms. The molecule has 3 aromatic rings. The Morgan fingerprint density at radius 2 is 1.66 bits per heavy atom. The van der Waals surface area contributed by atoms with Gasteiger partial charge in [0.1, 0.15) is 17.7 Å². The Hall–Kier alpha value is -2.99. The second-order valence-electron chi connectivity index (χ2n) is 7.73. The number of nitriles is 1. The molecule has 1 aliphatic rings. The van der Waals surface area contributed by atoms with Crippen molar-refractivity contribution in [3.05, 3.63) is 82.4 Å². The van der Waals surface area contributed by atoms with Crippen LogP contribution in [0.1, 0.15) is 54.9 Å². The second-order valence-corrected chi connectivity index (χ2v) is 7.73. The fraction of sp³-hybridized carbons (Fsp3) is 0.269. The van der Waals surface area contributed by atoms with Gasteiger partial charge in [-0.05, 0) is 58.4 Å². The zero-order chi connectivity index (χ0) is 20.4. The molecule has 1 nitrogen and oxygen atoms in total. The molecule has 146 valence electrons. The molecular weight excluding hydrogens is 364 g/mol. The number of fused-ring (bicyclic) bond motifs is 3. The molecule has 0 atom stereocenters. The van der Waals surface area contributed by atoms with Crippen molar-refractivity contribution in [1.82, 2.24) is 0 Å². The highest BCUT2D eigenvalue weighted by molar-refractivity contribution is 5.80. The van der Waals surface area contributed by atoms with Crippen molar-refractivity contribution in [3.8, 4) is 28.3 Å². The normalized spacial score (nSPS) is 11.8. The fourth-order valence-electron chi connectivity index (χ4n) is 4.19. The number of hydrogen-bond donors (Lipinski definition) is 0. The van der Waals surface area contributed by atoms with Crippen molar-refractivity contribution in [2.75, 3.05) is 0 Å². The molecule has 0 aliphatic heterocycles. The van der Waals surface area contributed by atoms with Gasteiger partial charge in [0.15, 0.2) is 0 Å². The van der Waals surface area contributed by atoms with Crippen LogP contribution in [0.15, 0.2) is 48.5 Å². The average molecular weight is 387 g/mol. The van der Waals surface area contributed by atoms with Gasteiger partial charge in [0.25, 0.3) is 0 Å². The highest BCUT2D eigenvalue weighted by Gasteiger charge is 2.23. The first-order valence-electron chi connectivity index (χ1n) is 10.3. The van der Waals surface area contributed by atoms with Crippen molar-refractivity contribution in [2.24, 2.45) is 0 Å². The first-order chi connectivity index (χ1) is 14.1. The summed E-state index contributed by atoms with van der Waals surface area (Å²) in [5, 5.41) is 8.91. The van der Waals surface area contributed by atoms with E-state index in [1.54, 1.807) is 6.07 Å². The van der Waals surface area contributed by atoms with E-state index >= 15 is 4.39 Å². The third kappa shape index (κ3) is 3.68. The van der Waals surface area contributed by atoms with Crippen LogP contribution in [-0.2, 0) is 12.8 Å². The van der Waals surface area contributed by atoms with Crippen LogP contribution in [0.2, 0.25) is 0 Å². The van der Waals surface area contributed by atoms with E-state index in [1.165, 1.54) is 25.0 Å². The Balaban J connectivity index is 1.61. The number of benzene rings is 3. The lowest BCUT2D eigenvalue weighted by Gasteiger charge is -2.08. The van der Waals surface area contributed by atoms with Crippen LogP contribution < -0.4 is 0 Å². The molecule has 0 aromatic heterocycles. The van der Waals surface area contributed by atoms with Crippen LogP contribution in [0.3, 0.4) is 0 Å². The Labute approximate surface area is 170 Å². The van der Waals surface area contributed by atoms with Crippen LogP contribution in [0.25, 0.3) is 22.3 Å². The molecule has 4 rings (SSSR count). The van der Waals surface area contributed by atoms with Crippen LogP contribution in [-0.4, -0.2) is 0 Å². The number of hydrogen-bond acceptors (Lipinski definition) is 1. The lowest BCUT2D eigenvalue weighted by Crippen LogP contribution is -1.96. The van der Waals surface area contributed by atoms with Crippen LogP contribution in [0.5, 0.6) is 0 Å². The molecule has 3 aromatic carbocycles. The summed E-state index contributed by atoms with van der Waals surface area (Å²) in [7, 11) is 0. The summed E-state index contributed by atoms with van der Waals surface area (Å²) in [6, 6.07) is 16.4. The topological polar surface area (TPSA) is 23.8 Å². The predicted octanol–water partition coefficient (Wildman–Crippen LogP) is 7.20. The minimum Gasteiger partial charge on any atom is -0.206 e. The second kappa shape index (κ2) is 8.17. The minimum absolute atomic E-state index is 0.0378. The van der Waals surface area contributed by atoms with Crippen LogP contribution in [0, 0.1) is 23.0 Å². The maximum absolute atomic E-state index is 15.1. The smallest absolute Gasteiger partial charge is 0.141 e. The summed E-state index contributed by atoms with van der Waals surface area (Å²) in [4.78, 5) is 0. The molecule has 3 heteroatoms. The van der Waals surface area contributed by atoms with Gasteiger partial charge in [-0.25, -0.2) is 8.78 Å².